The molecule has 1 N–H and O–H groups in total. The maximum atomic E-state index is 13.7. The highest BCUT2D eigenvalue weighted by molar-refractivity contribution is 7.90. The number of hydrogen-bond donors (Lipinski definition) is 1. The maximum Gasteiger partial charge on any atom is 0.268 e. The number of piperazine rings is 1. The standard InChI is InChI=1S/C22H19Cl2N5O2S/c23-18-13-26-22(24)27-20(18)17-14-29(32(30,31)15-5-2-1-3-6-15)21-16(17)7-4-8-19(21)28-11-9-25-10-12-28/h1-8,13-14,25H,9-12H2. The number of hydrogen-bond acceptors (Lipinski definition) is 6. The van der Waals surface area contributed by atoms with Crippen LogP contribution < -0.4 is 10.2 Å². The first-order chi connectivity index (χ1) is 15.5. The number of fused-ring (bicyclic) bond motifs is 1. The Morgan fingerprint density at radius 1 is 0.969 bits per heavy atom. The minimum atomic E-state index is -3.88. The predicted octanol–water partition coefficient (Wildman–Crippen LogP) is 4.05. The number of para-hydroxylation sites is 1. The number of aromatic nitrogens is 3. The van der Waals surface area contributed by atoms with Gasteiger partial charge in [0.25, 0.3) is 10.0 Å². The lowest BCUT2D eigenvalue weighted by atomic mass is 10.1. The van der Waals surface area contributed by atoms with Crippen LogP contribution in [0.15, 0.2) is 65.8 Å². The Morgan fingerprint density at radius 3 is 2.47 bits per heavy atom. The Bertz CT molecular complexity index is 1400. The Balaban J connectivity index is 1.83. The van der Waals surface area contributed by atoms with Crippen LogP contribution in [0, 0.1) is 0 Å². The molecule has 3 heterocycles. The van der Waals surface area contributed by atoms with Crippen LogP contribution in [0.5, 0.6) is 0 Å². The highest BCUT2D eigenvalue weighted by Crippen LogP contribution is 2.39. The predicted molar refractivity (Wildman–Crippen MR) is 127 cm³/mol. The fraction of sp³-hybridized carbons (Fsp3) is 0.182. The molecule has 0 atom stereocenters. The highest BCUT2D eigenvalue weighted by Gasteiger charge is 2.27. The van der Waals surface area contributed by atoms with Gasteiger partial charge in [-0.05, 0) is 29.8 Å². The van der Waals surface area contributed by atoms with Crippen molar-refractivity contribution in [1.82, 2.24) is 19.3 Å². The summed E-state index contributed by atoms with van der Waals surface area (Å²) in [6.07, 6.45) is 2.99. The van der Waals surface area contributed by atoms with Gasteiger partial charge in [-0.15, -0.1) is 0 Å². The molecule has 32 heavy (non-hydrogen) atoms. The van der Waals surface area contributed by atoms with Crippen molar-refractivity contribution in [3.8, 4) is 11.3 Å². The third-order valence-electron chi connectivity index (χ3n) is 5.50. The molecule has 0 spiro atoms. The summed E-state index contributed by atoms with van der Waals surface area (Å²) < 4.78 is 28.8. The maximum absolute atomic E-state index is 13.7. The summed E-state index contributed by atoms with van der Waals surface area (Å²) >= 11 is 12.4. The second-order valence-electron chi connectivity index (χ2n) is 7.40. The summed E-state index contributed by atoms with van der Waals surface area (Å²) in [5.74, 6) is 0. The molecule has 1 aliphatic rings. The molecule has 5 rings (SSSR count). The van der Waals surface area contributed by atoms with Crippen molar-refractivity contribution in [3.05, 3.63) is 71.2 Å². The Hall–Kier alpha value is -2.65. The molecule has 0 amide bonds. The minimum Gasteiger partial charge on any atom is -0.367 e. The average molecular weight is 488 g/mol. The molecular formula is C22H19Cl2N5O2S. The summed E-state index contributed by atoms with van der Waals surface area (Å²) in [5, 5.41) is 4.38. The first-order valence-corrected chi connectivity index (χ1v) is 12.3. The number of halogens is 2. The fourth-order valence-corrected chi connectivity index (χ4v) is 5.74. The van der Waals surface area contributed by atoms with Crippen molar-refractivity contribution in [3.63, 3.8) is 0 Å². The van der Waals surface area contributed by atoms with Crippen molar-refractivity contribution in [2.75, 3.05) is 31.1 Å². The van der Waals surface area contributed by atoms with Gasteiger partial charge in [-0.3, -0.25) is 0 Å². The van der Waals surface area contributed by atoms with Gasteiger partial charge in [0.05, 0.1) is 33.0 Å². The Morgan fingerprint density at radius 2 is 1.72 bits per heavy atom. The molecule has 0 unspecified atom stereocenters. The fourth-order valence-electron chi connectivity index (χ4n) is 4.01. The number of nitrogens with one attached hydrogen (secondary N) is 1. The lowest BCUT2D eigenvalue weighted by molar-refractivity contribution is 0.586. The highest BCUT2D eigenvalue weighted by atomic mass is 35.5. The van der Waals surface area contributed by atoms with Crippen LogP contribution in [0.3, 0.4) is 0 Å². The van der Waals surface area contributed by atoms with Crippen LogP contribution in [0.4, 0.5) is 5.69 Å². The van der Waals surface area contributed by atoms with Crippen LogP contribution >= 0.6 is 23.2 Å². The molecule has 2 aromatic carbocycles. The third kappa shape index (κ3) is 3.63. The number of nitrogens with zero attached hydrogens (tertiary/aromatic N) is 4. The van der Waals surface area contributed by atoms with E-state index in [0.717, 1.165) is 37.3 Å². The second-order valence-corrected chi connectivity index (χ2v) is 9.96. The normalized spacial score (nSPS) is 14.8. The first-order valence-electron chi connectivity index (χ1n) is 10.1. The molecule has 1 saturated heterocycles. The van der Waals surface area contributed by atoms with Gasteiger partial charge in [-0.1, -0.05) is 41.9 Å². The van der Waals surface area contributed by atoms with Crippen LogP contribution in [-0.4, -0.2) is 48.5 Å². The zero-order valence-electron chi connectivity index (χ0n) is 16.9. The molecule has 0 saturated carbocycles. The first kappa shape index (κ1) is 21.2. The van der Waals surface area contributed by atoms with Crippen LogP contribution in [0.2, 0.25) is 10.3 Å². The van der Waals surface area contributed by atoms with E-state index in [0.29, 0.717) is 16.8 Å². The molecule has 2 aromatic heterocycles. The van der Waals surface area contributed by atoms with E-state index in [1.165, 1.54) is 10.2 Å². The van der Waals surface area contributed by atoms with Gasteiger partial charge in [0.1, 0.15) is 0 Å². The van der Waals surface area contributed by atoms with Crippen molar-refractivity contribution in [2.24, 2.45) is 0 Å². The van der Waals surface area contributed by atoms with E-state index in [1.807, 2.05) is 18.2 Å². The van der Waals surface area contributed by atoms with E-state index in [9.17, 15) is 8.42 Å². The Labute approximate surface area is 195 Å². The summed E-state index contributed by atoms with van der Waals surface area (Å²) in [5.41, 5.74) is 2.38. The van der Waals surface area contributed by atoms with Gasteiger partial charge in [0, 0.05) is 43.3 Å². The van der Waals surface area contributed by atoms with E-state index in [-0.39, 0.29) is 15.2 Å². The number of benzene rings is 2. The zero-order valence-corrected chi connectivity index (χ0v) is 19.2. The molecule has 1 aliphatic heterocycles. The van der Waals surface area contributed by atoms with Gasteiger partial charge >= 0.3 is 0 Å². The van der Waals surface area contributed by atoms with E-state index >= 15 is 0 Å². The lowest BCUT2D eigenvalue weighted by Crippen LogP contribution is -2.43. The van der Waals surface area contributed by atoms with Gasteiger partial charge < -0.3 is 10.2 Å². The molecule has 1 fully saturated rings. The lowest BCUT2D eigenvalue weighted by Gasteiger charge is -2.30. The van der Waals surface area contributed by atoms with Gasteiger partial charge in [0.15, 0.2) is 0 Å². The molecule has 0 aliphatic carbocycles. The van der Waals surface area contributed by atoms with E-state index in [2.05, 4.69) is 20.2 Å². The summed E-state index contributed by atoms with van der Waals surface area (Å²) in [7, 11) is -3.88. The monoisotopic (exact) mass is 487 g/mol. The quantitative estimate of drug-likeness (QED) is 0.437. The van der Waals surface area contributed by atoms with Crippen molar-refractivity contribution in [1.29, 1.82) is 0 Å². The average Bonchev–Trinajstić information content (AvgIpc) is 3.22. The number of rotatable bonds is 4. The van der Waals surface area contributed by atoms with E-state index < -0.39 is 10.0 Å². The molecule has 4 aromatic rings. The summed E-state index contributed by atoms with van der Waals surface area (Å²) in [4.78, 5) is 10.6. The van der Waals surface area contributed by atoms with Crippen molar-refractivity contribution in [2.45, 2.75) is 4.90 Å². The molecule has 10 heteroatoms. The molecule has 7 nitrogen and oxygen atoms in total. The van der Waals surface area contributed by atoms with E-state index in [1.54, 1.807) is 36.5 Å². The second kappa shape index (κ2) is 8.37. The smallest absolute Gasteiger partial charge is 0.268 e. The molecule has 0 bridgehead atoms. The molecule has 164 valence electrons. The largest absolute Gasteiger partial charge is 0.367 e. The summed E-state index contributed by atoms with van der Waals surface area (Å²) in [6, 6.07) is 14.1. The van der Waals surface area contributed by atoms with Gasteiger partial charge in [-0.2, -0.15) is 0 Å². The SMILES string of the molecule is O=S(=O)(c1ccccc1)n1cc(-c2nc(Cl)ncc2Cl)c2cccc(N3CCNCC3)c21. The molecule has 0 radical (unpaired) electrons. The zero-order chi connectivity index (χ0) is 22.3. The van der Waals surface area contributed by atoms with Crippen LogP contribution in [0.25, 0.3) is 22.2 Å². The topological polar surface area (TPSA) is 80.1 Å². The molecular weight excluding hydrogens is 469 g/mol. The minimum absolute atomic E-state index is 0.0366. The third-order valence-corrected chi connectivity index (χ3v) is 7.63. The van der Waals surface area contributed by atoms with Crippen LogP contribution in [0.1, 0.15) is 0 Å². The van der Waals surface area contributed by atoms with Gasteiger partial charge in [-0.25, -0.2) is 22.4 Å². The summed E-state index contributed by atoms with van der Waals surface area (Å²) in [6.45, 7) is 3.18. The Kier molecular flexibility index (Phi) is 5.54. The van der Waals surface area contributed by atoms with Crippen LogP contribution in [-0.2, 0) is 10.0 Å². The van der Waals surface area contributed by atoms with Gasteiger partial charge in [0.2, 0.25) is 5.28 Å². The van der Waals surface area contributed by atoms with Crippen molar-refractivity contribution < 1.29 is 8.42 Å². The number of anilines is 1. The van der Waals surface area contributed by atoms with Crippen molar-refractivity contribution >= 4 is 49.8 Å². The van der Waals surface area contributed by atoms with E-state index in [4.69, 9.17) is 23.2 Å².